The van der Waals surface area contributed by atoms with Gasteiger partial charge in [-0.3, -0.25) is 18.6 Å². The number of phosphoric ester groups is 1. The smallest absolute Gasteiger partial charge is 0.462 e. The fourth-order valence-corrected chi connectivity index (χ4v) is 11.7. The third-order valence-electron chi connectivity index (χ3n) is 16.8. The van der Waals surface area contributed by atoms with Gasteiger partial charge >= 0.3 is 19.8 Å². The summed E-state index contributed by atoms with van der Waals surface area (Å²) in [7, 11) is 1.48. The van der Waals surface area contributed by atoms with E-state index in [1.165, 1.54) is 231 Å². The molecule has 0 saturated carbocycles. The molecule has 0 heterocycles. The molecule has 0 radical (unpaired) electrons. The monoisotopic (exact) mass is 1310 g/mol. The van der Waals surface area contributed by atoms with Gasteiger partial charge in [-0.25, -0.2) is 4.57 Å². The van der Waals surface area contributed by atoms with E-state index in [9.17, 15) is 19.0 Å². The highest BCUT2D eigenvalue weighted by molar-refractivity contribution is 7.47. The topological polar surface area (TPSA) is 108 Å². The van der Waals surface area contributed by atoms with E-state index in [4.69, 9.17) is 18.5 Å². The summed E-state index contributed by atoms with van der Waals surface area (Å²) in [5.74, 6) is -0.785. The summed E-state index contributed by atoms with van der Waals surface area (Å²) < 4.78 is 34.8. The van der Waals surface area contributed by atoms with Crippen molar-refractivity contribution in [2.75, 3.05) is 47.5 Å². The van der Waals surface area contributed by atoms with E-state index in [0.29, 0.717) is 17.4 Å². The first-order chi connectivity index (χ1) is 45.0. The van der Waals surface area contributed by atoms with E-state index in [2.05, 4.69) is 123 Å². The number of unbranched alkanes of at least 4 members (excludes halogenated alkanes) is 39. The lowest BCUT2D eigenvalue weighted by atomic mass is 10.0. The molecule has 0 aliphatic rings. The van der Waals surface area contributed by atoms with Gasteiger partial charge in [-0.15, -0.1) is 0 Å². The Hall–Kier alpha value is -3.33. The van der Waals surface area contributed by atoms with Gasteiger partial charge in [0, 0.05) is 12.8 Å². The molecule has 0 fully saturated rings. The quantitative estimate of drug-likeness (QED) is 0.0211. The van der Waals surface area contributed by atoms with Gasteiger partial charge in [0.05, 0.1) is 27.7 Å². The van der Waals surface area contributed by atoms with Gasteiger partial charge < -0.3 is 18.9 Å². The minimum Gasteiger partial charge on any atom is -0.462 e. The Morgan fingerprint density at radius 2 is 0.620 bits per heavy atom. The molecular formula is C82H147NO8P+. The second-order valence-electron chi connectivity index (χ2n) is 27.0. The molecule has 0 aromatic heterocycles. The Bertz CT molecular complexity index is 1920. The SMILES string of the molecule is CC/C=C\C/C=C\C/C=C\C/C=C\C/C=C\C/C=C\C/C=C\CCCCCCCCCCCCCCCCCCCC(=O)OC(COC(=O)CCCCCCCCCCCCCCCCCCC/C=C\C/C=C\CCCCCCC)COP(=O)(O)OCC[N+](C)(C)C. The van der Waals surface area contributed by atoms with Crippen molar-refractivity contribution >= 4 is 19.8 Å². The average molecular weight is 1310 g/mol. The number of nitrogens with zero attached hydrogens (tertiary/aromatic N) is 1. The van der Waals surface area contributed by atoms with Crippen molar-refractivity contribution in [1.82, 2.24) is 0 Å². The zero-order chi connectivity index (χ0) is 66.9. The number of phosphoric acid groups is 1. The molecule has 1 N–H and O–H groups in total. The van der Waals surface area contributed by atoms with Crippen LogP contribution in [-0.2, 0) is 32.7 Å². The number of quaternary nitrogens is 1. The molecule has 0 aliphatic heterocycles. The molecule has 9 nitrogen and oxygen atoms in total. The minimum atomic E-state index is -4.40. The predicted molar refractivity (Wildman–Crippen MR) is 399 cm³/mol. The van der Waals surface area contributed by atoms with Crippen LogP contribution in [0.25, 0.3) is 0 Å². The highest BCUT2D eigenvalue weighted by atomic mass is 31.2. The molecule has 532 valence electrons. The number of allylic oxidation sites excluding steroid dienone is 18. The normalized spacial score (nSPS) is 13.7. The molecule has 0 rings (SSSR count). The molecule has 0 aliphatic carbocycles. The number of carbonyl (C=O) groups excluding carboxylic acids is 2. The first-order valence-corrected chi connectivity index (χ1v) is 40.1. The lowest BCUT2D eigenvalue weighted by Crippen LogP contribution is -2.37. The number of hydrogen-bond acceptors (Lipinski definition) is 7. The largest absolute Gasteiger partial charge is 0.472 e. The maximum Gasteiger partial charge on any atom is 0.472 e. The minimum absolute atomic E-state index is 0.0304. The van der Waals surface area contributed by atoms with Crippen molar-refractivity contribution in [2.24, 2.45) is 0 Å². The van der Waals surface area contributed by atoms with E-state index >= 15 is 0 Å². The van der Waals surface area contributed by atoms with Gasteiger partial charge in [0.1, 0.15) is 19.8 Å². The second kappa shape index (κ2) is 72.0. The van der Waals surface area contributed by atoms with Crippen LogP contribution in [0, 0.1) is 0 Å². The number of esters is 2. The van der Waals surface area contributed by atoms with Crippen LogP contribution < -0.4 is 0 Å². The van der Waals surface area contributed by atoms with E-state index in [-0.39, 0.29) is 32.0 Å². The third kappa shape index (κ3) is 75.7. The maximum atomic E-state index is 12.9. The van der Waals surface area contributed by atoms with Crippen LogP contribution in [0.15, 0.2) is 109 Å². The second-order valence-corrected chi connectivity index (χ2v) is 28.5. The van der Waals surface area contributed by atoms with Gasteiger partial charge in [-0.1, -0.05) is 342 Å². The summed E-state index contributed by atoms with van der Waals surface area (Å²) in [6.45, 7) is 4.35. The number of likely N-dealkylation sites (N-methyl/N-ethyl adjacent to an activating group) is 1. The number of carbonyl (C=O) groups is 2. The molecule has 0 bridgehead atoms. The molecule has 0 saturated heterocycles. The Labute approximate surface area is 569 Å². The molecule has 10 heteroatoms. The molecular weight excluding hydrogens is 1160 g/mol. The van der Waals surface area contributed by atoms with Crippen LogP contribution in [-0.4, -0.2) is 74.9 Å². The lowest BCUT2D eigenvalue weighted by Gasteiger charge is -2.24. The van der Waals surface area contributed by atoms with Crippen molar-refractivity contribution in [1.29, 1.82) is 0 Å². The van der Waals surface area contributed by atoms with E-state index < -0.39 is 26.5 Å². The fourth-order valence-electron chi connectivity index (χ4n) is 10.9. The van der Waals surface area contributed by atoms with Crippen LogP contribution in [0.2, 0.25) is 0 Å². The molecule has 92 heavy (non-hydrogen) atoms. The molecule has 0 spiro atoms. The Morgan fingerprint density at radius 1 is 0.348 bits per heavy atom. The van der Waals surface area contributed by atoms with E-state index in [0.717, 1.165) is 83.5 Å². The summed E-state index contributed by atoms with van der Waals surface area (Å²) in [6, 6.07) is 0. The first kappa shape index (κ1) is 88.7. The standard InChI is InChI=1S/C82H146NO8P/c1-6-8-10-12-14-16-18-20-22-24-26-28-30-32-34-36-37-38-39-40-41-42-43-44-45-47-49-51-53-55-57-59-61-63-65-67-69-71-73-75-82(85)91-80(79-90-92(86,87)89-77-76-83(3,4)5)78-88-81(84)74-72-70-68-66-64-62-60-58-56-54-52-50-48-46-35-33-31-29-27-25-23-21-19-17-15-13-11-9-7-2/h8,10,14,16,19-22,25-28,32,34,37-38,40-41,80H,6-7,9,11-13,15,17-18,23-24,29-31,33,35-36,39,42-79H2,1-5H3/p+1/b10-8-,16-14-,21-19-,22-20-,27-25-,28-26-,34-32-,38-37-,41-40-. The van der Waals surface area contributed by atoms with Gasteiger partial charge in [0.25, 0.3) is 0 Å². The van der Waals surface area contributed by atoms with Gasteiger partial charge in [0.15, 0.2) is 6.10 Å². The van der Waals surface area contributed by atoms with Crippen LogP contribution in [0.3, 0.4) is 0 Å². The summed E-state index contributed by atoms with van der Waals surface area (Å²) in [5.41, 5.74) is 0. The van der Waals surface area contributed by atoms with Crippen molar-refractivity contribution in [2.45, 2.75) is 354 Å². The zero-order valence-corrected chi connectivity index (χ0v) is 61.7. The fraction of sp³-hybridized carbons (Fsp3) is 0.756. The summed E-state index contributed by atoms with van der Waals surface area (Å²) in [4.78, 5) is 36.0. The van der Waals surface area contributed by atoms with Crippen molar-refractivity contribution < 1.29 is 42.1 Å². The van der Waals surface area contributed by atoms with Crippen LogP contribution in [0.1, 0.15) is 348 Å². The average Bonchev–Trinajstić information content (AvgIpc) is 2.14. The maximum absolute atomic E-state index is 12.9. The number of ether oxygens (including phenoxy) is 2. The number of rotatable bonds is 71. The van der Waals surface area contributed by atoms with Crippen molar-refractivity contribution in [3.8, 4) is 0 Å². The first-order valence-electron chi connectivity index (χ1n) is 38.6. The highest BCUT2D eigenvalue weighted by Gasteiger charge is 2.27. The van der Waals surface area contributed by atoms with Crippen molar-refractivity contribution in [3.05, 3.63) is 109 Å². The van der Waals surface area contributed by atoms with Crippen LogP contribution >= 0.6 is 7.82 Å². The zero-order valence-electron chi connectivity index (χ0n) is 60.8. The summed E-state index contributed by atoms with van der Waals surface area (Å²) in [5, 5.41) is 0. The van der Waals surface area contributed by atoms with Crippen molar-refractivity contribution in [3.63, 3.8) is 0 Å². The van der Waals surface area contributed by atoms with Gasteiger partial charge in [-0.05, 0) is 103 Å². The Balaban J connectivity index is 3.98. The third-order valence-corrected chi connectivity index (χ3v) is 17.8. The highest BCUT2D eigenvalue weighted by Crippen LogP contribution is 2.43. The molecule has 2 atom stereocenters. The molecule has 0 aromatic carbocycles. The molecule has 2 unspecified atom stereocenters. The van der Waals surface area contributed by atoms with Crippen LogP contribution in [0.4, 0.5) is 0 Å². The molecule has 0 aromatic rings. The van der Waals surface area contributed by atoms with E-state index in [1.807, 2.05) is 21.1 Å². The number of hydrogen-bond donors (Lipinski definition) is 1. The van der Waals surface area contributed by atoms with E-state index in [1.54, 1.807) is 0 Å². The summed E-state index contributed by atoms with van der Waals surface area (Å²) in [6.07, 6.45) is 102. The van der Waals surface area contributed by atoms with Crippen LogP contribution in [0.5, 0.6) is 0 Å². The van der Waals surface area contributed by atoms with Gasteiger partial charge in [-0.2, -0.15) is 0 Å². The predicted octanol–water partition coefficient (Wildman–Crippen LogP) is 25.6. The lowest BCUT2D eigenvalue weighted by molar-refractivity contribution is -0.870. The summed E-state index contributed by atoms with van der Waals surface area (Å²) >= 11 is 0. The Morgan fingerprint density at radius 3 is 0.924 bits per heavy atom. The molecule has 0 amide bonds. The Kier molecular flexibility index (Phi) is 69.3. The van der Waals surface area contributed by atoms with Gasteiger partial charge in [0.2, 0.25) is 0 Å².